The maximum atomic E-state index is 13.0. The van der Waals surface area contributed by atoms with Crippen molar-refractivity contribution in [2.75, 3.05) is 13.2 Å². The smallest absolute Gasteiger partial charge is 0.306 e. The number of hydrogen-bond donors (Lipinski definition) is 0. The third-order valence-electron chi connectivity index (χ3n) is 16.9. The van der Waals surface area contributed by atoms with Gasteiger partial charge in [0.2, 0.25) is 0 Å². The van der Waals surface area contributed by atoms with Gasteiger partial charge in [0.1, 0.15) is 13.2 Å². The van der Waals surface area contributed by atoms with E-state index in [1.807, 2.05) is 0 Å². The van der Waals surface area contributed by atoms with Crippen LogP contribution in [0.15, 0.2) is 36.5 Å². The Hall–Kier alpha value is -2.37. The fourth-order valence-corrected chi connectivity index (χ4v) is 11.3. The molecular formula is C76H142O6. The zero-order valence-corrected chi connectivity index (χ0v) is 55.5. The van der Waals surface area contributed by atoms with Gasteiger partial charge in [-0.1, -0.05) is 353 Å². The summed E-state index contributed by atoms with van der Waals surface area (Å²) in [5.41, 5.74) is 0. The van der Waals surface area contributed by atoms with Crippen LogP contribution in [0, 0.1) is 0 Å². The van der Waals surface area contributed by atoms with Crippen molar-refractivity contribution in [1.82, 2.24) is 0 Å². The summed E-state index contributed by atoms with van der Waals surface area (Å²) < 4.78 is 17.0. The molecule has 0 fully saturated rings. The molecule has 482 valence electrons. The average molecular weight is 1150 g/mol. The molecule has 6 nitrogen and oxygen atoms in total. The zero-order valence-electron chi connectivity index (χ0n) is 55.5. The standard InChI is InChI=1S/C76H142O6/c1-4-7-10-13-16-19-22-25-28-31-33-34-35-36-37-38-39-40-41-42-43-46-48-51-54-57-60-63-66-69-75(78)81-72-73(71-80-74(77)68-65-62-59-56-53-50-47-44-30-27-24-21-18-15-12-9-6-3)82-76(79)70-67-64-61-58-55-52-49-45-32-29-26-23-20-17-14-11-8-5-2/h18,21,27,29-30,32,73H,4-17,19-20,22-26,28,31,33-72H2,1-3H3/b21-18-,30-27-,32-29-. The highest BCUT2D eigenvalue weighted by Crippen LogP contribution is 2.19. The monoisotopic (exact) mass is 1150 g/mol. The van der Waals surface area contributed by atoms with Gasteiger partial charge in [0.05, 0.1) is 0 Å². The molecule has 1 unspecified atom stereocenters. The fraction of sp³-hybridized carbons (Fsp3) is 0.882. The first-order chi connectivity index (χ1) is 40.5. The first-order valence-electron chi connectivity index (χ1n) is 37.0. The first kappa shape index (κ1) is 79.6. The Morgan fingerprint density at radius 1 is 0.244 bits per heavy atom. The van der Waals surface area contributed by atoms with Gasteiger partial charge in [0.15, 0.2) is 6.10 Å². The summed E-state index contributed by atoms with van der Waals surface area (Å²) in [7, 11) is 0. The van der Waals surface area contributed by atoms with Gasteiger partial charge in [-0.3, -0.25) is 14.4 Å². The summed E-state index contributed by atoms with van der Waals surface area (Å²) in [5, 5.41) is 0. The van der Waals surface area contributed by atoms with Crippen molar-refractivity contribution in [3.05, 3.63) is 36.5 Å². The van der Waals surface area contributed by atoms with Gasteiger partial charge in [-0.05, 0) is 77.0 Å². The van der Waals surface area contributed by atoms with Gasteiger partial charge >= 0.3 is 17.9 Å². The van der Waals surface area contributed by atoms with Crippen LogP contribution in [0.3, 0.4) is 0 Å². The minimum Gasteiger partial charge on any atom is -0.462 e. The van der Waals surface area contributed by atoms with Crippen LogP contribution in [0.4, 0.5) is 0 Å². The molecule has 0 aromatic carbocycles. The highest BCUT2D eigenvalue weighted by atomic mass is 16.6. The largest absolute Gasteiger partial charge is 0.462 e. The first-order valence-corrected chi connectivity index (χ1v) is 37.0. The number of rotatable bonds is 69. The van der Waals surface area contributed by atoms with Crippen molar-refractivity contribution in [3.8, 4) is 0 Å². The minimum atomic E-state index is -0.777. The maximum absolute atomic E-state index is 13.0. The molecule has 0 aliphatic rings. The van der Waals surface area contributed by atoms with E-state index in [9.17, 15) is 14.4 Å². The average Bonchev–Trinajstić information content (AvgIpc) is 3.47. The molecule has 0 N–H and O–H groups in total. The minimum absolute atomic E-state index is 0.0717. The van der Waals surface area contributed by atoms with Crippen molar-refractivity contribution in [2.24, 2.45) is 0 Å². The molecule has 0 bridgehead atoms. The van der Waals surface area contributed by atoms with E-state index in [1.165, 1.54) is 302 Å². The number of hydrogen-bond acceptors (Lipinski definition) is 6. The van der Waals surface area contributed by atoms with E-state index in [1.54, 1.807) is 0 Å². The molecule has 0 heterocycles. The van der Waals surface area contributed by atoms with Crippen LogP contribution in [0.1, 0.15) is 412 Å². The number of carbonyl (C=O) groups excluding carboxylic acids is 3. The van der Waals surface area contributed by atoms with E-state index in [0.29, 0.717) is 19.3 Å². The van der Waals surface area contributed by atoms with Crippen molar-refractivity contribution >= 4 is 17.9 Å². The summed E-state index contributed by atoms with van der Waals surface area (Å²) in [4.78, 5) is 38.5. The lowest BCUT2D eigenvalue weighted by Gasteiger charge is -2.18. The predicted molar refractivity (Wildman–Crippen MR) is 358 cm³/mol. The third-order valence-corrected chi connectivity index (χ3v) is 16.9. The second kappa shape index (κ2) is 71.1. The van der Waals surface area contributed by atoms with E-state index in [4.69, 9.17) is 14.2 Å². The number of unbranched alkanes of at least 4 members (excludes halogenated alkanes) is 52. The molecule has 82 heavy (non-hydrogen) atoms. The van der Waals surface area contributed by atoms with Crippen LogP contribution in [-0.2, 0) is 28.6 Å². The van der Waals surface area contributed by atoms with E-state index >= 15 is 0 Å². The summed E-state index contributed by atoms with van der Waals surface area (Å²) in [6.45, 7) is 6.68. The van der Waals surface area contributed by atoms with Crippen molar-refractivity contribution in [2.45, 2.75) is 419 Å². The van der Waals surface area contributed by atoms with Gasteiger partial charge in [-0.15, -0.1) is 0 Å². The molecule has 0 aromatic heterocycles. The van der Waals surface area contributed by atoms with E-state index in [2.05, 4.69) is 57.2 Å². The number of allylic oxidation sites excluding steroid dienone is 6. The van der Waals surface area contributed by atoms with Crippen LogP contribution in [0.2, 0.25) is 0 Å². The lowest BCUT2D eigenvalue weighted by atomic mass is 10.0. The topological polar surface area (TPSA) is 78.9 Å². The Kier molecular flexibility index (Phi) is 69.1. The normalized spacial score (nSPS) is 12.2. The molecule has 0 aliphatic carbocycles. The molecule has 0 amide bonds. The molecule has 0 rings (SSSR count). The highest BCUT2D eigenvalue weighted by molar-refractivity contribution is 5.71. The highest BCUT2D eigenvalue weighted by Gasteiger charge is 2.19. The molecule has 0 aromatic rings. The Balaban J connectivity index is 4.22. The van der Waals surface area contributed by atoms with Crippen LogP contribution < -0.4 is 0 Å². The molecule has 1 atom stereocenters. The van der Waals surface area contributed by atoms with Gasteiger partial charge < -0.3 is 14.2 Å². The number of carbonyl (C=O) groups is 3. The molecule has 0 spiro atoms. The molecule has 0 radical (unpaired) electrons. The van der Waals surface area contributed by atoms with Gasteiger partial charge in [0, 0.05) is 19.3 Å². The molecule has 6 heteroatoms. The van der Waals surface area contributed by atoms with E-state index in [-0.39, 0.29) is 31.1 Å². The molecule has 0 saturated carbocycles. The van der Waals surface area contributed by atoms with E-state index in [0.717, 1.165) is 70.6 Å². The Bertz CT molecular complexity index is 1370. The third kappa shape index (κ3) is 68.4. The van der Waals surface area contributed by atoms with Crippen molar-refractivity contribution < 1.29 is 28.6 Å². The Morgan fingerprint density at radius 2 is 0.439 bits per heavy atom. The SMILES string of the molecule is CCCCC/C=C\C/C=C\CCCCCCCCCC(=O)OCC(COC(=O)CCCCCCCCCCCCCCCCCCCCCCCCCCCCCCC)OC(=O)CCCCCCCCC/C=C\CCCCCCCCC. The Labute approximate surface area is 512 Å². The van der Waals surface area contributed by atoms with Gasteiger partial charge in [-0.2, -0.15) is 0 Å². The fourth-order valence-electron chi connectivity index (χ4n) is 11.3. The lowest BCUT2D eigenvalue weighted by Crippen LogP contribution is -2.30. The summed E-state index contributed by atoms with van der Waals surface area (Å²) >= 11 is 0. The predicted octanol–water partition coefficient (Wildman–Crippen LogP) is 25.5. The van der Waals surface area contributed by atoms with Gasteiger partial charge in [0.25, 0.3) is 0 Å². The van der Waals surface area contributed by atoms with Crippen LogP contribution in [0.25, 0.3) is 0 Å². The van der Waals surface area contributed by atoms with E-state index < -0.39 is 6.10 Å². The second-order valence-corrected chi connectivity index (χ2v) is 25.2. The molecule has 0 saturated heterocycles. The van der Waals surface area contributed by atoms with Crippen molar-refractivity contribution in [3.63, 3.8) is 0 Å². The Morgan fingerprint density at radius 3 is 0.707 bits per heavy atom. The summed E-state index contributed by atoms with van der Waals surface area (Å²) in [6, 6.07) is 0. The van der Waals surface area contributed by atoms with Crippen LogP contribution >= 0.6 is 0 Å². The van der Waals surface area contributed by atoms with Crippen LogP contribution in [0.5, 0.6) is 0 Å². The quantitative estimate of drug-likeness (QED) is 0.0261. The second-order valence-electron chi connectivity index (χ2n) is 25.2. The van der Waals surface area contributed by atoms with Gasteiger partial charge in [-0.25, -0.2) is 0 Å². The lowest BCUT2D eigenvalue weighted by molar-refractivity contribution is -0.167. The number of esters is 3. The number of ether oxygens (including phenoxy) is 3. The van der Waals surface area contributed by atoms with Crippen molar-refractivity contribution in [1.29, 1.82) is 0 Å². The summed E-state index contributed by atoms with van der Waals surface area (Å²) in [6.07, 6.45) is 89.0. The summed E-state index contributed by atoms with van der Waals surface area (Å²) in [5.74, 6) is -0.854. The zero-order chi connectivity index (χ0) is 59.2. The van der Waals surface area contributed by atoms with Crippen LogP contribution in [-0.4, -0.2) is 37.2 Å². The maximum Gasteiger partial charge on any atom is 0.306 e. The molecule has 0 aliphatic heterocycles. The molecular weight excluding hydrogens is 1010 g/mol.